The van der Waals surface area contributed by atoms with E-state index in [4.69, 9.17) is 4.74 Å². The SMILES string of the molecule is CC.CC(=O)N(C/C=C/C1CCCN1C(=O)OC(C)(C)C)c1cc(F)ccc1Br. The summed E-state index contributed by atoms with van der Waals surface area (Å²) in [6, 6.07) is 4.16. The maximum atomic E-state index is 13.6. The molecule has 29 heavy (non-hydrogen) atoms. The average Bonchev–Trinajstić information content (AvgIpc) is 3.10. The number of hydrogen-bond donors (Lipinski definition) is 0. The molecule has 162 valence electrons. The normalized spacial score (nSPS) is 16.4. The highest BCUT2D eigenvalue weighted by atomic mass is 79.9. The van der Waals surface area contributed by atoms with Crippen LogP contribution in [0.4, 0.5) is 14.9 Å². The number of benzene rings is 1. The van der Waals surface area contributed by atoms with Crippen molar-refractivity contribution in [1.29, 1.82) is 0 Å². The van der Waals surface area contributed by atoms with Gasteiger partial charge in [-0.05, 0) is 67.7 Å². The van der Waals surface area contributed by atoms with E-state index in [1.54, 1.807) is 11.0 Å². The Labute approximate surface area is 182 Å². The number of halogens is 2. The van der Waals surface area contributed by atoms with Gasteiger partial charge in [0.2, 0.25) is 5.91 Å². The molecule has 1 unspecified atom stereocenters. The van der Waals surface area contributed by atoms with Gasteiger partial charge >= 0.3 is 6.09 Å². The summed E-state index contributed by atoms with van der Waals surface area (Å²) in [5, 5.41) is 0. The first-order valence-electron chi connectivity index (χ1n) is 9.98. The number of carbonyl (C=O) groups is 2. The molecule has 1 aliphatic rings. The van der Waals surface area contributed by atoms with E-state index in [1.807, 2.05) is 46.8 Å². The summed E-state index contributed by atoms with van der Waals surface area (Å²) in [6.07, 6.45) is 5.18. The molecule has 1 aliphatic heterocycles. The molecule has 2 amide bonds. The van der Waals surface area contributed by atoms with Crippen LogP contribution in [-0.2, 0) is 9.53 Å². The lowest BCUT2D eigenvalue weighted by molar-refractivity contribution is -0.116. The molecule has 0 bridgehead atoms. The van der Waals surface area contributed by atoms with Crippen molar-refractivity contribution in [2.45, 2.75) is 66.0 Å². The van der Waals surface area contributed by atoms with Crippen LogP contribution in [-0.4, -0.2) is 41.6 Å². The maximum Gasteiger partial charge on any atom is 0.410 e. The van der Waals surface area contributed by atoms with Crippen LogP contribution in [0, 0.1) is 5.82 Å². The number of rotatable bonds is 4. The lowest BCUT2D eigenvalue weighted by atomic mass is 10.2. The van der Waals surface area contributed by atoms with Crippen LogP contribution in [0.25, 0.3) is 0 Å². The zero-order valence-corrected chi connectivity index (χ0v) is 19.8. The van der Waals surface area contributed by atoms with Gasteiger partial charge in [0.05, 0.1) is 11.7 Å². The molecule has 1 heterocycles. The molecule has 1 atom stereocenters. The van der Waals surface area contributed by atoms with E-state index in [2.05, 4.69) is 15.9 Å². The zero-order valence-electron chi connectivity index (χ0n) is 18.2. The lowest BCUT2D eigenvalue weighted by Gasteiger charge is -2.27. The fourth-order valence-electron chi connectivity index (χ4n) is 2.95. The van der Waals surface area contributed by atoms with Gasteiger partial charge in [-0.3, -0.25) is 4.79 Å². The predicted molar refractivity (Wildman–Crippen MR) is 119 cm³/mol. The van der Waals surface area contributed by atoms with E-state index in [9.17, 15) is 14.0 Å². The smallest absolute Gasteiger partial charge is 0.410 e. The molecule has 1 saturated heterocycles. The van der Waals surface area contributed by atoms with Gasteiger partial charge in [0, 0.05) is 24.5 Å². The number of nitrogens with zero attached hydrogens (tertiary/aromatic N) is 2. The van der Waals surface area contributed by atoms with Crippen molar-refractivity contribution in [1.82, 2.24) is 4.90 Å². The van der Waals surface area contributed by atoms with E-state index in [0.717, 1.165) is 12.8 Å². The molecule has 0 aliphatic carbocycles. The molecule has 0 radical (unpaired) electrons. The first-order valence-corrected chi connectivity index (χ1v) is 10.8. The summed E-state index contributed by atoms with van der Waals surface area (Å²) in [6.45, 7) is 11.9. The third-order valence-electron chi connectivity index (χ3n) is 4.15. The highest BCUT2D eigenvalue weighted by Gasteiger charge is 2.30. The van der Waals surface area contributed by atoms with Gasteiger partial charge in [-0.15, -0.1) is 0 Å². The molecule has 5 nitrogen and oxygen atoms in total. The molecular formula is C22H32BrFN2O3. The molecule has 0 saturated carbocycles. The molecule has 1 aromatic rings. The first-order chi connectivity index (χ1) is 13.6. The topological polar surface area (TPSA) is 49.9 Å². The summed E-state index contributed by atoms with van der Waals surface area (Å²) in [5.74, 6) is -0.600. The highest BCUT2D eigenvalue weighted by molar-refractivity contribution is 9.10. The Balaban J connectivity index is 0.00000204. The lowest BCUT2D eigenvalue weighted by Crippen LogP contribution is -2.39. The summed E-state index contributed by atoms with van der Waals surface area (Å²) >= 11 is 3.36. The van der Waals surface area contributed by atoms with Gasteiger partial charge in [0.15, 0.2) is 0 Å². The van der Waals surface area contributed by atoms with Gasteiger partial charge in [0.1, 0.15) is 11.4 Å². The fraction of sp³-hybridized carbons (Fsp3) is 0.545. The van der Waals surface area contributed by atoms with E-state index >= 15 is 0 Å². The third kappa shape index (κ3) is 7.80. The first kappa shape index (κ1) is 25.1. The Kier molecular flexibility index (Phi) is 9.83. The van der Waals surface area contributed by atoms with E-state index < -0.39 is 11.4 Å². The van der Waals surface area contributed by atoms with Crippen LogP contribution in [0.15, 0.2) is 34.8 Å². The molecule has 0 aromatic heterocycles. The van der Waals surface area contributed by atoms with Crippen LogP contribution >= 0.6 is 15.9 Å². The number of carbonyl (C=O) groups excluding carboxylic acids is 2. The summed E-state index contributed by atoms with van der Waals surface area (Å²) in [4.78, 5) is 27.6. The maximum absolute atomic E-state index is 13.6. The van der Waals surface area contributed by atoms with Crippen molar-refractivity contribution in [3.63, 3.8) is 0 Å². The van der Waals surface area contributed by atoms with Gasteiger partial charge in [-0.25, -0.2) is 9.18 Å². The minimum Gasteiger partial charge on any atom is -0.444 e. The van der Waals surface area contributed by atoms with E-state index in [1.165, 1.54) is 24.0 Å². The van der Waals surface area contributed by atoms with Crippen molar-refractivity contribution in [2.24, 2.45) is 0 Å². The number of amides is 2. The molecular weight excluding hydrogens is 439 g/mol. The second-order valence-corrected chi connectivity index (χ2v) is 8.39. The van der Waals surface area contributed by atoms with Crippen LogP contribution in [0.1, 0.15) is 54.4 Å². The molecule has 0 N–H and O–H groups in total. The number of anilines is 1. The average molecular weight is 471 g/mol. The van der Waals surface area contributed by atoms with E-state index in [0.29, 0.717) is 16.7 Å². The molecule has 2 rings (SSSR count). The molecule has 7 heteroatoms. The van der Waals surface area contributed by atoms with Crippen molar-refractivity contribution >= 4 is 33.6 Å². The Morgan fingerprint density at radius 3 is 2.59 bits per heavy atom. The Morgan fingerprint density at radius 2 is 2.00 bits per heavy atom. The van der Waals surface area contributed by atoms with Crippen molar-refractivity contribution in [2.75, 3.05) is 18.0 Å². The van der Waals surface area contributed by atoms with Crippen LogP contribution in [0.2, 0.25) is 0 Å². The van der Waals surface area contributed by atoms with E-state index in [-0.39, 0.29) is 24.6 Å². The molecule has 0 spiro atoms. The van der Waals surface area contributed by atoms with Gasteiger partial charge in [-0.2, -0.15) is 0 Å². The zero-order chi connectivity index (χ0) is 22.2. The van der Waals surface area contributed by atoms with Crippen LogP contribution in [0.5, 0.6) is 0 Å². The Hall–Kier alpha value is -1.89. The Morgan fingerprint density at radius 1 is 1.34 bits per heavy atom. The quantitative estimate of drug-likeness (QED) is 0.512. The number of ether oxygens (including phenoxy) is 1. The minimum atomic E-state index is -0.539. The van der Waals surface area contributed by atoms with Crippen LogP contribution in [0.3, 0.4) is 0 Å². The largest absolute Gasteiger partial charge is 0.444 e. The summed E-state index contributed by atoms with van der Waals surface area (Å²) < 4.78 is 19.7. The van der Waals surface area contributed by atoms with Gasteiger partial charge in [-0.1, -0.05) is 26.0 Å². The predicted octanol–water partition coefficient (Wildman–Crippen LogP) is 5.92. The minimum absolute atomic E-state index is 0.0652. The summed E-state index contributed by atoms with van der Waals surface area (Å²) in [5.41, 5.74) is -0.0641. The van der Waals surface area contributed by atoms with Gasteiger partial charge in [0.25, 0.3) is 0 Å². The second kappa shape index (κ2) is 11.3. The Bertz CT molecular complexity index is 731. The monoisotopic (exact) mass is 470 g/mol. The van der Waals surface area contributed by atoms with Crippen molar-refractivity contribution in [3.8, 4) is 0 Å². The molecule has 1 aromatic carbocycles. The van der Waals surface area contributed by atoms with Gasteiger partial charge < -0.3 is 14.5 Å². The highest BCUT2D eigenvalue weighted by Crippen LogP contribution is 2.27. The van der Waals surface area contributed by atoms with Crippen molar-refractivity contribution < 1.29 is 18.7 Å². The second-order valence-electron chi connectivity index (χ2n) is 7.54. The number of likely N-dealkylation sites (tertiary alicyclic amines) is 1. The molecule has 1 fully saturated rings. The van der Waals surface area contributed by atoms with Crippen LogP contribution < -0.4 is 4.90 Å². The fourth-order valence-corrected chi connectivity index (χ4v) is 3.41. The third-order valence-corrected chi connectivity index (χ3v) is 4.82. The van der Waals surface area contributed by atoms with Crippen molar-refractivity contribution in [3.05, 3.63) is 40.6 Å². The summed E-state index contributed by atoms with van der Waals surface area (Å²) in [7, 11) is 0. The standard InChI is InChI=1S/C20H26BrFN2O3.C2H6/c1-14(25)23(18-13-15(22)9-10-17(18)21)11-5-7-16-8-6-12-24(16)19(26)27-20(2,3)4;1-2/h5,7,9-10,13,16H,6,8,11-12H2,1-4H3;1-2H3/b7-5+;. The number of hydrogen-bond acceptors (Lipinski definition) is 3.